The minimum absolute atomic E-state index is 0.0312. The fourth-order valence-corrected chi connectivity index (χ4v) is 2.72. The van der Waals surface area contributed by atoms with Gasteiger partial charge in [0.15, 0.2) is 0 Å². The number of nitro groups is 1. The van der Waals surface area contributed by atoms with Crippen LogP contribution in [0.2, 0.25) is 0 Å². The molecule has 0 saturated heterocycles. The van der Waals surface area contributed by atoms with Gasteiger partial charge in [0, 0.05) is 18.8 Å². The molecule has 1 aromatic carbocycles. The van der Waals surface area contributed by atoms with Crippen molar-refractivity contribution in [2.45, 2.75) is 37.8 Å². The third-order valence-electron chi connectivity index (χ3n) is 3.90. The number of aliphatic hydroxyl groups excluding tert-OH is 1. The summed E-state index contributed by atoms with van der Waals surface area (Å²) >= 11 is 0. The zero-order valence-corrected chi connectivity index (χ0v) is 11.3. The predicted octanol–water partition coefficient (Wildman–Crippen LogP) is 2.21. The molecule has 0 radical (unpaired) electrons. The molecule has 2 atom stereocenters. The van der Waals surface area contributed by atoms with E-state index >= 15 is 0 Å². The quantitative estimate of drug-likeness (QED) is 0.674. The van der Waals surface area contributed by atoms with Crippen LogP contribution in [0, 0.1) is 21.4 Å². The first-order valence-electron chi connectivity index (χ1n) is 6.64. The van der Waals surface area contributed by atoms with Crippen molar-refractivity contribution in [3.63, 3.8) is 0 Å². The summed E-state index contributed by atoms with van der Waals surface area (Å²) in [6.07, 6.45) is 3.27. The normalized spacial score (nSPS) is 22.1. The van der Waals surface area contributed by atoms with Gasteiger partial charge < -0.3 is 10.0 Å². The van der Waals surface area contributed by atoms with Crippen LogP contribution in [0.3, 0.4) is 0 Å². The van der Waals surface area contributed by atoms with Gasteiger partial charge in [-0.05, 0) is 25.0 Å². The average molecular weight is 275 g/mol. The van der Waals surface area contributed by atoms with Gasteiger partial charge in [0.2, 0.25) is 0 Å². The molecule has 1 aliphatic rings. The van der Waals surface area contributed by atoms with E-state index in [0.717, 1.165) is 25.7 Å². The molecule has 0 bridgehead atoms. The van der Waals surface area contributed by atoms with Crippen LogP contribution < -0.4 is 4.90 Å². The summed E-state index contributed by atoms with van der Waals surface area (Å²) in [5.74, 6) is 0. The number of benzene rings is 1. The Kier molecular flexibility index (Phi) is 4.20. The molecule has 0 heterocycles. The first-order chi connectivity index (χ1) is 9.54. The average Bonchev–Trinajstić information content (AvgIpc) is 2.46. The molecule has 1 N–H and O–H groups in total. The molecule has 20 heavy (non-hydrogen) atoms. The van der Waals surface area contributed by atoms with Crippen molar-refractivity contribution in [2.75, 3.05) is 11.9 Å². The fraction of sp³-hybridized carbons (Fsp3) is 0.500. The SMILES string of the molecule is CN(c1ccc(C#N)c([N+](=O)[O-])c1)C1CCCCC1O. The van der Waals surface area contributed by atoms with Gasteiger partial charge in [0.1, 0.15) is 11.6 Å². The van der Waals surface area contributed by atoms with Crippen molar-refractivity contribution in [1.29, 1.82) is 5.26 Å². The molecule has 2 rings (SSSR count). The number of hydrogen-bond acceptors (Lipinski definition) is 5. The number of aliphatic hydroxyl groups is 1. The zero-order valence-electron chi connectivity index (χ0n) is 11.3. The molecule has 0 aromatic heterocycles. The first kappa shape index (κ1) is 14.3. The summed E-state index contributed by atoms with van der Waals surface area (Å²) in [6, 6.07) is 6.34. The van der Waals surface area contributed by atoms with Crippen molar-refractivity contribution in [3.8, 4) is 6.07 Å². The Morgan fingerprint density at radius 2 is 2.15 bits per heavy atom. The number of nitrogens with zero attached hydrogens (tertiary/aromatic N) is 3. The van der Waals surface area contributed by atoms with Gasteiger partial charge in [0.05, 0.1) is 17.1 Å². The summed E-state index contributed by atoms with van der Waals surface area (Å²) in [4.78, 5) is 12.3. The minimum Gasteiger partial charge on any atom is -0.391 e. The molecule has 1 saturated carbocycles. The molecule has 0 spiro atoms. The Balaban J connectivity index is 2.30. The third kappa shape index (κ3) is 2.73. The van der Waals surface area contributed by atoms with Crippen molar-refractivity contribution in [2.24, 2.45) is 0 Å². The summed E-state index contributed by atoms with van der Waals surface area (Å²) in [5.41, 5.74) is 0.514. The summed E-state index contributed by atoms with van der Waals surface area (Å²) in [6.45, 7) is 0. The zero-order chi connectivity index (χ0) is 14.7. The molecular weight excluding hydrogens is 258 g/mol. The molecule has 2 unspecified atom stereocenters. The summed E-state index contributed by atoms with van der Waals surface area (Å²) in [7, 11) is 1.82. The van der Waals surface area contributed by atoms with Crippen LogP contribution in [0.1, 0.15) is 31.2 Å². The lowest BCUT2D eigenvalue weighted by Gasteiger charge is -2.36. The highest BCUT2D eigenvalue weighted by Crippen LogP contribution is 2.30. The molecule has 0 aliphatic heterocycles. The van der Waals surface area contributed by atoms with E-state index in [1.807, 2.05) is 18.0 Å². The molecule has 1 aliphatic carbocycles. The molecule has 6 nitrogen and oxygen atoms in total. The van der Waals surface area contributed by atoms with Crippen molar-refractivity contribution in [1.82, 2.24) is 0 Å². The fourth-order valence-electron chi connectivity index (χ4n) is 2.72. The van der Waals surface area contributed by atoms with Crippen molar-refractivity contribution in [3.05, 3.63) is 33.9 Å². The van der Waals surface area contributed by atoms with Gasteiger partial charge in [-0.2, -0.15) is 5.26 Å². The Hall–Kier alpha value is -2.13. The van der Waals surface area contributed by atoms with Gasteiger partial charge in [-0.1, -0.05) is 12.8 Å². The second kappa shape index (κ2) is 5.88. The smallest absolute Gasteiger partial charge is 0.289 e. The molecule has 1 aromatic rings. The lowest BCUT2D eigenvalue weighted by molar-refractivity contribution is -0.385. The van der Waals surface area contributed by atoms with E-state index in [0.29, 0.717) is 5.69 Å². The maximum absolute atomic E-state index is 11.0. The number of likely N-dealkylation sites (N-methyl/N-ethyl adjacent to an activating group) is 1. The Bertz CT molecular complexity index is 553. The van der Waals surface area contributed by atoms with Crippen LogP contribution in [0.15, 0.2) is 18.2 Å². The van der Waals surface area contributed by atoms with Crippen LogP contribution in [-0.2, 0) is 0 Å². The number of hydrogen-bond donors (Lipinski definition) is 1. The largest absolute Gasteiger partial charge is 0.391 e. The predicted molar refractivity (Wildman–Crippen MR) is 74.5 cm³/mol. The molecule has 6 heteroatoms. The Morgan fingerprint density at radius 1 is 1.45 bits per heavy atom. The van der Waals surface area contributed by atoms with E-state index < -0.39 is 11.0 Å². The molecular formula is C14H17N3O3. The van der Waals surface area contributed by atoms with Gasteiger partial charge in [-0.25, -0.2) is 0 Å². The van der Waals surface area contributed by atoms with Gasteiger partial charge >= 0.3 is 0 Å². The second-order valence-corrected chi connectivity index (χ2v) is 5.10. The molecule has 1 fully saturated rings. The summed E-state index contributed by atoms with van der Waals surface area (Å²) in [5, 5.41) is 29.9. The maximum atomic E-state index is 11.0. The highest BCUT2D eigenvalue weighted by atomic mass is 16.6. The van der Waals surface area contributed by atoms with E-state index in [2.05, 4.69) is 0 Å². The van der Waals surface area contributed by atoms with Crippen LogP contribution in [0.25, 0.3) is 0 Å². The van der Waals surface area contributed by atoms with Gasteiger partial charge in [-0.3, -0.25) is 10.1 Å². The topological polar surface area (TPSA) is 90.4 Å². The monoisotopic (exact) mass is 275 g/mol. The molecule has 0 amide bonds. The number of rotatable bonds is 3. The number of nitriles is 1. The van der Waals surface area contributed by atoms with Gasteiger partial charge in [-0.15, -0.1) is 0 Å². The number of nitro benzene ring substituents is 1. The van der Waals surface area contributed by atoms with E-state index in [-0.39, 0.29) is 17.3 Å². The maximum Gasteiger partial charge on any atom is 0.289 e. The Morgan fingerprint density at radius 3 is 2.75 bits per heavy atom. The lowest BCUT2D eigenvalue weighted by Crippen LogP contribution is -2.43. The van der Waals surface area contributed by atoms with Crippen molar-refractivity contribution < 1.29 is 10.0 Å². The summed E-state index contributed by atoms with van der Waals surface area (Å²) < 4.78 is 0. The van der Waals surface area contributed by atoms with E-state index in [1.165, 1.54) is 12.1 Å². The van der Waals surface area contributed by atoms with E-state index in [9.17, 15) is 15.2 Å². The minimum atomic E-state index is -0.548. The van der Waals surface area contributed by atoms with E-state index in [4.69, 9.17) is 5.26 Å². The first-order valence-corrected chi connectivity index (χ1v) is 6.64. The van der Waals surface area contributed by atoms with Crippen LogP contribution in [0.4, 0.5) is 11.4 Å². The van der Waals surface area contributed by atoms with E-state index in [1.54, 1.807) is 6.07 Å². The highest BCUT2D eigenvalue weighted by Gasteiger charge is 2.28. The lowest BCUT2D eigenvalue weighted by atomic mass is 9.91. The standard InChI is InChI=1S/C14H17N3O3/c1-16(12-4-2-3-5-14(12)18)11-7-6-10(9-15)13(8-11)17(19)20/h6-8,12,14,18H,2-5H2,1H3. The Labute approximate surface area is 117 Å². The third-order valence-corrected chi connectivity index (χ3v) is 3.90. The molecule has 106 valence electrons. The number of anilines is 1. The van der Waals surface area contributed by atoms with Crippen molar-refractivity contribution >= 4 is 11.4 Å². The van der Waals surface area contributed by atoms with Crippen LogP contribution in [0.5, 0.6) is 0 Å². The second-order valence-electron chi connectivity index (χ2n) is 5.10. The van der Waals surface area contributed by atoms with Crippen LogP contribution >= 0.6 is 0 Å². The highest BCUT2D eigenvalue weighted by molar-refractivity contribution is 5.60. The van der Waals surface area contributed by atoms with Gasteiger partial charge in [0.25, 0.3) is 5.69 Å². The van der Waals surface area contributed by atoms with Crippen LogP contribution in [-0.4, -0.2) is 29.2 Å².